The molecule has 0 aromatic carbocycles. The van der Waals surface area contributed by atoms with E-state index >= 15 is 0 Å². The van der Waals surface area contributed by atoms with E-state index in [2.05, 4.69) is 19.2 Å². The molecule has 1 aliphatic rings. The van der Waals surface area contributed by atoms with Crippen molar-refractivity contribution in [3.8, 4) is 0 Å². The molecule has 16 heavy (non-hydrogen) atoms. The second-order valence-corrected chi connectivity index (χ2v) is 4.78. The summed E-state index contributed by atoms with van der Waals surface area (Å²) < 4.78 is 0. The van der Waals surface area contributed by atoms with E-state index in [1.807, 2.05) is 0 Å². The van der Waals surface area contributed by atoms with Crippen LogP contribution < -0.4 is 5.32 Å². The van der Waals surface area contributed by atoms with Crippen LogP contribution in [0.4, 0.5) is 4.79 Å². The number of rotatable bonds is 5. The first-order valence-electron chi connectivity index (χ1n) is 5.73. The quantitative estimate of drug-likeness (QED) is 0.741. The summed E-state index contributed by atoms with van der Waals surface area (Å²) in [5, 5.41) is 11.4. The van der Waals surface area contributed by atoms with Gasteiger partial charge in [0.05, 0.1) is 6.42 Å². The number of nitrogens with zero attached hydrogens (tertiary/aromatic N) is 1. The van der Waals surface area contributed by atoms with E-state index in [0.717, 1.165) is 6.42 Å². The fourth-order valence-corrected chi connectivity index (χ4v) is 1.69. The zero-order chi connectivity index (χ0) is 12.1. The fourth-order valence-electron chi connectivity index (χ4n) is 1.69. The van der Waals surface area contributed by atoms with Crippen LogP contribution in [-0.4, -0.2) is 41.6 Å². The van der Waals surface area contributed by atoms with Crippen molar-refractivity contribution in [3.63, 3.8) is 0 Å². The molecule has 5 heteroatoms. The van der Waals surface area contributed by atoms with E-state index < -0.39 is 5.97 Å². The van der Waals surface area contributed by atoms with Gasteiger partial charge in [-0.15, -0.1) is 0 Å². The molecular formula is C11H20N2O3. The molecular weight excluding hydrogens is 208 g/mol. The predicted octanol–water partition coefficient (Wildman–Crippen LogP) is 1.15. The van der Waals surface area contributed by atoms with Crippen LogP contribution in [0.5, 0.6) is 0 Å². The van der Waals surface area contributed by atoms with Gasteiger partial charge < -0.3 is 15.3 Å². The lowest BCUT2D eigenvalue weighted by Crippen LogP contribution is -2.54. The topological polar surface area (TPSA) is 69.6 Å². The molecule has 2 N–H and O–H groups in total. The van der Waals surface area contributed by atoms with Crippen LogP contribution in [0.3, 0.4) is 0 Å². The molecule has 0 aliphatic carbocycles. The average Bonchev–Trinajstić information content (AvgIpc) is 2.09. The number of carboxylic acid groups (broad SMARTS) is 1. The first-order valence-corrected chi connectivity index (χ1v) is 5.73. The third kappa shape index (κ3) is 4.08. The third-order valence-corrected chi connectivity index (χ3v) is 2.71. The van der Waals surface area contributed by atoms with Crippen LogP contribution in [0.15, 0.2) is 0 Å². The summed E-state index contributed by atoms with van der Waals surface area (Å²) in [6, 6.07) is -0.0673. The molecule has 1 rings (SSSR count). The predicted molar refractivity (Wildman–Crippen MR) is 60.2 cm³/mol. The fraction of sp³-hybridized carbons (Fsp3) is 0.818. The van der Waals surface area contributed by atoms with Gasteiger partial charge in [-0.1, -0.05) is 13.8 Å². The molecule has 5 nitrogen and oxygen atoms in total. The smallest absolute Gasteiger partial charge is 0.317 e. The van der Waals surface area contributed by atoms with Crippen LogP contribution in [0.2, 0.25) is 0 Å². The lowest BCUT2D eigenvalue weighted by Gasteiger charge is -2.38. The van der Waals surface area contributed by atoms with Crippen molar-refractivity contribution in [1.29, 1.82) is 0 Å². The van der Waals surface area contributed by atoms with Crippen LogP contribution in [0.1, 0.15) is 26.7 Å². The van der Waals surface area contributed by atoms with Gasteiger partial charge in [0.15, 0.2) is 0 Å². The molecule has 2 amide bonds. The number of aliphatic carboxylic acids is 1. The first-order chi connectivity index (χ1) is 7.49. The Morgan fingerprint density at radius 2 is 2.06 bits per heavy atom. The van der Waals surface area contributed by atoms with E-state index in [4.69, 9.17) is 5.11 Å². The van der Waals surface area contributed by atoms with Gasteiger partial charge in [0.25, 0.3) is 0 Å². The molecule has 0 saturated carbocycles. The highest BCUT2D eigenvalue weighted by Crippen LogP contribution is 2.18. The third-order valence-electron chi connectivity index (χ3n) is 2.71. The largest absolute Gasteiger partial charge is 0.481 e. The Balaban J connectivity index is 2.10. The summed E-state index contributed by atoms with van der Waals surface area (Å²) in [5.74, 6) is -0.0744. The van der Waals surface area contributed by atoms with E-state index in [1.54, 1.807) is 4.90 Å². The molecule has 92 valence electrons. The minimum absolute atomic E-state index is 0.0673. The van der Waals surface area contributed by atoms with Crippen LogP contribution in [-0.2, 0) is 4.79 Å². The molecule has 0 aromatic heterocycles. The van der Waals surface area contributed by atoms with Gasteiger partial charge in [-0.25, -0.2) is 4.79 Å². The zero-order valence-corrected chi connectivity index (χ0v) is 9.90. The minimum Gasteiger partial charge on any atom is -0.481 e. The number of carbonyl (C=O) groups excluding carboxylic acids is 1. The minimum atomic E-state index is -0.787. The highest BCUT2D eigenvalue weighted by molar-refractivity contribution is 5.75. The Morgan fingerprint density at radius 3 is 2.56 bits per heavy atom. The lowest BCUT2D eigenvalue weighted by molar-refractivity contribution is -0.139. The number of carboxylic acids is 1. The van der Waals surface area contributed by atoms with Crippen molar-refractivity contribution in [2.45, 2.75) is 26.7 Å². The number of amides is 2. The van der Waals surface area contributed by atoms with E-state index in [-0.39, 0.29) is 18.4 Å². The number of carbonyl (C=O) groups is 2. The second-order valence-electron chi connectivity index (χ2n) is 4.78. The molecule has 0 bridgehead atoms. The molecule has 0 unspecified atom stereocenters. The molecule has 0 aromatic rings. The summed E-state index contributed by atoms with van der Waals surface area (Å²) in [7, 11) is 0. The highest BCUT2D eigenvalue weighted by atomic mass is 16.4. The number of urea groups is 1. The molecule has 1 aliphatic heterocycles. The van der Waals surface area contributed by atoms with Gasteiger partial charge >= 0.3 is 12.0 Å². The lowest BCUT2D eigenvalue weighted by atomic mass is 9.97. The van der Waals surface area contributed by atoms with Crippen molar-refractivity contribution in [2.75, 3.05) is 19.6 Å². The molecule has 0 spiro atoms. The molecule has 1 fully saturated rings. The van der Waals surface area contributed by atoms with Crippen molar-refractivity contribution >= 4 is 12.0 Å². The number of hydrogen-bond acceptors (Lipinski definition) is 2. The maximum atomic E-state index is 11.5. The number of likely N-dealkylation sites (tertiary alicyclic amines) is 1. The van der Waals surface area contributed by atoms with Gasteiger partial charge in [0.2, 0.25) is 0 Å². The Kier molecular flexibility index (Phi) is 4.58. The Bertz CT molecular complexity index is 260. The van der Waals surface area contributed by atoms with Gasteiger partial charge in [-0.2, -0.15) is 0 Å². The molecule has 1 saturated heterocycles. The molecule has 1 heterocycles. The van der Waals surface area contributed by atoms with Gasteiger partial charge in [-0.3, -0.25) is 4.79 Å². The zero-order valence-electron chi connectivity index (χ0n) is 9.90. The average molecular weight is 228 g/mol. The van der Waals surface area contributed by atoms with Crippen LogP contribution >= 0.6 is 0 Å². The van der Waals surface area contributed by atoms with Crippen molar-refractivity contribution in [3.05, 3.63) is 0 Å². The van der Waals surface area contributed by atoms with Gasteiger partial charge in [0.1, 0.15) is 0 Å². The summed E-state index contributed by atoms with van der Waals surface area (Å²) >= 11 is 0. The summed E-state index contributed by atoms with van der Waals surface area (Å²) in [6.45, 7) is 6.05. The highest BCUT2D eigenvalue weighted by Gasteiger charge is 2.31. The summed E-state index contributed by atoms with van der Waals surface area (Å²) in [4.78, 5) is 23.6. The van der Waals surface area contributed by atoms with E-state index in [1.165, 1.54) is 0 Å². The number of hydrogen-bond donors (Lipinski definition) is 2. The van der Waals surface area contributed by atoms with Gasteiger partial charge in [-0.05, 0) is 12.3 Å². The second kappa shape index (κ2) is 5.72. The summed E-state index contributed by atoms with van der Waals surface area (Å²) in [6.07, 6.45) is 1.13. The van der Waals surface area contributed by atoms with Crippen molar-refractivity contribution in [2.24, 2.45) is 11.8 Å². The van der Waals surface area contributed by atoms with Crippen LogP contribution in [0, 0.1) is 11.8 Å². The monoisotopic (exact) mass is 228 g/mol. The van der Waals surface area contributed by atoms with Crippen molar-refractivity contribution in [1.82, 2.24) is 10.2 Å². The number of nitrogens with one attached hydrogen (secondary N) is 1. The van der Waals surface area contributed by atoms with E-state index in [9.17, 15) is 9.59 Å². The SMILES string of the molecule is CC(C)CCNC(=O)N1CC(CC(=O)O)C1. The normalized spacial score (nSPS) is 16.1. The summed E-state index contributed by atoms with van der Waals surface area (Å²) in [5.41, 5.74) is 0. The maximum absolute atomic E-state index is 11.5. The Morgan fingerprint density at radius 1 is 1.44 bits per heavy atom. The molecule has 0 atom stereocenters. The Labute approximate surface area is 95.8 Å². The molecule has 0 radical (unpaired) electrons. The van der Waals surface area contributed by atoms with E-state index in [0.29, 0.717) is 25.6 Å². The van der Waals surface area contributed by atoms with Gasteiger partial charge in [0, 0.05) is 25.6 Å². The first kappa shape index (κ1) is 12.8. The Hall–Kier alpha value is -1.26. The van der Waals surface area contributed by atoms with Crippen molar-refractivity contribution < 1.29 is 14.7 Å². The van der Waals surface area contributed by atoms with Crippen LogP contribution in [0.25, 0.3) is 0 Å². The maximum Gasteiger partial charge on any atom is 0.317 e. The standard InChI is InChI=1S/C11H20N2O3/c1-8(2)3-4-12-11(16)13-6-9(7-13)5-10(14)15/h8-9H,3-7H2,1-2H3,(H,12,16)(H,14,15).